The number of β-amino-alcohol motifs (C(OH)–C–C–N with tert-alkyl or cyclic N) is 1. The quantitative estimate of drug-likeness (QED) is 0.246. The Bertz CT molecular complexity index is 1280. The number of hydrogen-bond acceptors (Lipinski definition) is 4. The highest BCUT2D eigenvalue weighted by Crippen LogP contribution is 2.49. The van der Waals surface area contributed by atoms with Crippen LogP contribution < -0.4 is 5.32 Å². The Balaban J connectivity index is 1.17. The van der Waals surface area contributed by atoms with Crippen LogP contribution in [0.1, 0.15) is 43.2 Å². The van der Waals surface area contributed by atoms with Gasteiger partial charge in [0.2, 0.25) is 0 Å². The largest absolute Gasteiger partial charge is 0.389 e. The summed E-state index contributed by atoms with van der Waals surface area (Å²) >= 11 is 8.45. The molecule has 4 aromatic rings. The van der Waals surface area contributed by atoms with Gasteiger partial charge in [0.1, 0.15) is 0 Å². The van der Waals surface area contributed by atoms with Crippen LogP contribution in [0.3, 0.4) is 0 Å². The van der Waals surface area contributed by atoms with E-state index in [0.717, 1.165) is 34.5 Å². The lowest BCUT2D eigenvalue weighted by Gasteiger charge is -2.28. The molecule has 1 fully saturated rings. The molecule has 1 unspecified atom stereocenters. The van der Waals surface area contributed by atoms with E-state index in [1.165, 1.54) is 21.0 Å². The van der Waals surface area contributed by atoms with Gasteiger partial charge in [0, 0.05) is 22.2 Å². The van der Waals surface area contributed by atoms with E-state index in [4.69, 9.17) is 16.3 Å². The van der Waals surface area contributed by atoms with Gasteiger partial charge in [0.15, 0.2) is 0 Å². The van der Waals surface area contributed by atoms with Crippen molar-refractivity contribution in [1.82, 2.24) is 5.32 Å². The van der Waals surface area contributed by atoms with Gasteiger partial charge in [-0.3, -0.25) is 0 Å². The van der Waals surface area contributed by atoms with E-state index in [1.807, 2.05) is 12.1 Å². The summed E-state index contributed by atoms with van der Waals surface area (Å²) in [6.45, 7) is 5.14. The third kappa shape index (κ3) is 5.48. The first kappa shape index (κ1) is 23.8. The van der Waals surface area contributed by atoms with Crippen LogP contribution in [0.25, 0.3) is 20.9 Å². The average Bonchev–Trinajstić information content (AvgIpc) is 3.62. The molecule has 0 radical (unpaired) electrons. The summed E-state index contributed by atoms with van der Waals surface area (Å²) in [5.41, 5.74) is 1.14. The van der Waals surface area contributed by atoms with Gasteiger partial charge >= 0.3 is 0 Å². The van der Waals surface area contributed by atoms with Crippen LogP contribution in [-0.2, 0) is 11.2 Å². The molecule has 0 spiro atoms. The molecule has 0 saturated heterocycles. The Morgan fingerprint density at radius 1 is 1.06 bits per heavy atom. The Labute approximate surface area is 210 Å². The number of nitrogens with one attached hydrogen (secondary N) is 1. The molecule has 0 bridgehead atoms. The zero-order valence-electron chi connectivity index (χ0n) is 19.8. The predicted octanol–water partition coefficient (Wildman–Crippen LogP) is 7.15. The number of aliphatic hydroxyl groups is 1. The third-order valence-corrected chi connectivity index (χ3v) is 8.36. The van der Waals surface area contributed by atoms with Crippen LogP contribution >= 0.6 is 22.9 Å². The summed E-state index contributed by atoms with van der Waals surface area (Å²) in [6, 6.07) is 23.3. The first-order valence-corrected chi connectivity index (χ1v) is 13.3. The standard InChI is InChI=1S/C29H32ClNO2S/c1-29(2,16-19-11-12-20-7-3-4-8-22(20)15-19)31-17-23(32)18-33-27(21-13-14-21)28-26(30)24-9-5-6-10-25(24)34-28/h3-12,15,21,23,27,31-32H,13-14,16-18H2,1-2H3/t23-,27?/m1/s1. The second-order valence-corrected chi connectivity index (χ2v) is 11.6. The number of benzene rings is 3. The van der Waals surface area contributed by atoms with Gasteiger partial charge in [-0.2, -0.15) is 0 Å². The maximum absolute atomic E-state index is 10.7. The molecular weight excluding hydrogens is 462 g/mol. The van der Waals surface area contributed by atoms with E-state index in [-0.39, 0.29) is 11.6 Å². The van der Waals surface area contributed by atoms with Crippen LogP contribution in [0.5, 0.6) is 0 Å². The summed E-state index contributed by atoms with van der Waals surface area (Å²) in [6.07, 6.45) is 2.58. The predicted molar refractivity (Wildman–Crippen MR) is 144 cm³/mol. The van der Waals surface area contributed by atoms with Crippen molar-refractivity contribution in [3.63, 3.8) is 0 Å². The number of rotatable bonds is 10. The molecule has 0 aliphatic heterocycles. The number of fused-ring (bicyclic) bond motifs is 2. The fraction of sp³-hybridized carbons (Fsp3) is 0.379. The van der Waals surface area contributed by atoms with Gasteiger partial charge in [0.25, 0.3) is 0 Å². The molecule has 1 aliphatic rings. The van der Waals surface area contributed by atoms with Crippen LogP contribution in [-0.4, -0.2) is 29.9 Å². The Morgan fingerprint density at radius 3 is 2.56 bits per heavy atom. The van der Waals surface area contributed by atoms with Crippen molar-refractivity contribution in [2.24, 2.45) is 5.92 Å². The molecular formula is C29H32ClNO2S. The van der Waals surface area contributed by atoms with Crippen molar-refractivity contribution in [2.45, 2.75) is 50.9 Å². The van der Waals surface area contributed by atoms with Crippen LogP contribution in [0.4, 0.5) is 0 Å². The zero-order chi connectivity index (χ0) is 23.7. The van der Waals surface area contributed by atoms with Gasteiger partial charge < -0.3 is 15.2 Å². The van der Waals surface area contributed by atoms with Gasteiger partial charge in [-0.15, -0.1) is 11.3 Å². The van der Waals surface area contributed by atoms with Crippen molar-refractivity contribution >= 4 is 43.8 Å². The van der Waals surface area contributed by atoms with Gasteiger partial charge in [-0.1, -0.05) is 72.3 Å². The molecule has 3 nitrogen and oxygen atoms in total. The van der Waals surface area contributed by atoms with E-state index in [9.17, 15) is 5.11 Å². The molecule has 1 saturated carbocycles. The summed E-state index contributed by atoms with van der Waals surface area (Å²) in [5.74, 6) is 0.495. The van der Waals surface area contributed by atoms with Gasteiger partial charge in [0.05, 0.1) is 28.7 Å². The molecule has 34 heavy (non-hydrogen) atoms. The number of halogens is 1. The van der Waals surface area contributed by atoms with E-state index >= 15 is 0 Å². The molecule has 2 atom stereocenters. The SMILES string of the molecule is CC(C)(Cc1ccc2ccccc2c1)NC[C@@H](O)COC(c1sc2ccccc2c1Cl)C1CC1. The number of thiophene rings is 1. The van der Waals surface area contributed by atoms with Crippen LogP contribution in [0, 0.1) is 5.92 Å². The normalized spacial score (nSPS) is 16.2. The molecule has 1 aromatic heterocycles. The highest BCUT2D eigenvalue weighted by atomic mass is 35.5. The molecule has 5 rings (SSSR count). The second kappa shape index (κ2) is 9.96. The second-order valence-electron chi connectivity index (χ2n) is 10.1. The molecule has 1 heterocycles. The first-order valence-electron chi connectivity index (χ1n) is 12.1. The molecule has 5 heteroatoms. The number of hydrogen-bond donors (Lipinski definition) is 2. The van der Waals surface area contributed by atoms with Crippen molar-refractivity contribution in [2.75, 3.05) is 13.2 Å². The molecule has 3 aromatic carbocycles. The summed E-state index contributed by atoms with van der Waals surface area (Å²) in [4.78, 5) is 1.10. The lowest BCUT2D eigenvalue weighted by atomic mass is 9.93. The van der Waals surface area contributed by atoms with Gasteiger partial charge in [-0.25, -0.2) is 0 Å². The molecule has 1 aliphatic carbocycles. The molecule has 178 valence electrons. The van der Waals surface area contributed by atoms with Crippen molar-refractivity contribution in [3.8, 4) is 0 Å². The van der Waals surface area contributed by atoms with Crippen molar-refractivity contribution < 1.29 is 9.84 Å². The van der Waals surface area contributed by atoms with Crippen LogP contribution in [0.2, 0.25) is 5.02 Å². The van der Waals surface area contributed by atoms with E-state index in [0.29, 0.717) is 19.1 Å². The fourth-order valence-electron chi connectivity index (χ4n) is 4.63. The van der Waals surface area contributed by atoms with E-state index < -0.39 is 6.10 Å². The maximum Gasteiger partial charge on any atom is 0.0961 e. The summed E-state index contributed by atoms with van der Waals surface area (Å²) in [7, 11) is 0. The lowest BCUT2D eigenvalue weighted by Crippen LogP contribution is -2.46. The maximum atomic E-state index is 10.7. The zero-order valence-corrected chi connectivity index (χ0v) is 21.3. The minimum atomic E-state index is -0.578. The minimum Gasteiger partial charge on any atom is -0.389 e. The fourth-order valence-corrected chi connectivity index (χ4v) is 6.31. The lowest BCUT2D eigenvalue weighted by molar-refractivity contribution is -0.0195. The average molecular weight is 494 g/mol. The van der Waals surface area contributed by atoms with E-state index in [1.54, 1.807) is 11.3 Å². The highest BCUT2D eigenvalue weighted by molar-refractivity contribution is 7.19. The van der Waals surface area contributed by atoms with E-state index in [2.05, 4.69) is 73.8 Å². The molecule has 0 amide bonds. The van der Waals surface area contributed by atoms with Crippen molar-refractivity contribution in [1.29, 1.82) is 0 Å². The smallest absolute Gasteiger partial charge is 0.0961 e. The minimum absolute atomic E-state index is 0.0369. The topological polar surface area (TPSA) is 41.5 Å². The number of aliphatic hydroxyl groups excluding tert-OH is 1. The Hall–Kier alpha value is -1.95. The molecule has 2 N–H and O–H groups in total. The monoisotopic (exact) mass is 493 g/mol. The Morgan fingerprint density at radius 2 is 1.79 bits per heavy atom. The summed E-state index contributed by atoms with van der Waals surface area (Å²) in [5, 5.41) is 18.7. The first-order chi connectivity index (χ1) is 16.4. The third-order valence-electron chi connectivity index (χ3n) is 6.61. The van der Waals surface area contributed by atoms with Gasteiger partial charge in [-0.05, 0) is 61.4 Å². The van der Waals surface area contributed by atoms with Crippen molar-refractivity contribution in [3.05, 3.63) is 82.2 Å². The van der Waals surface area contributed by atoms with Crippen LogP contribution in [0.15, 0.2) is 66.7 Å². The highest BCUT2D eigenvalue weighted by Gasteiger charge is 2.36. The number of ether oxygens (including phenoxy) is 1. The summed E-state index contributed by atoms with van der Waals surface area (Å²) < 4.78 is 7.48. The Kier molecular flexibility index (Phi) is 6.97.